The molecule has 5 heteroatoms. The third kappa shape index (κ3) is 5.34. The van der Waals surface area contributed by atoms with Crippen LogP contribution in [0, 0.1) is 0 Å². The Kier molecular flexibility index (Phi) is 7.92. The third-order valence-corrected chi connectivity index (χ3v) is 4.29. The summed E-state index contributed by atoms with van der Waals surface area (Å²) in [5.74, 6) is -0.679. The van der Waals surface area contributed by atoms with Gasteiger partial charge in [-0.05, 0) is 44.1 Å². The van der Waals surface area contributed by atoms with E-state index in [1.165, 1.54) is 12.7 Å². The number of esters is 1. The average molecular weight is 334 g/mol. The first-order valence-corrected chi connectivity index (χ1v) is 8.62. The first-order chi connectivity index (χ1) is 11.4. The molecule has 0 saturated carbocycles. The summed E-state index contributed by atoms with van der Waals surface area (Å²) < 4.78 is 4.83. The molecular weight excluding hydrogens is 304 g/mol. The van der Waals surface area contributed by atoms with Crippen LogP contribution in [0.25, 0.3) is 0 Å². The number of nitrogens with one attached hydrogen (secondary N) is 1. The predicted molar refractivity (Wildman–Crippen MR) is 95.9 cm³/mol. The smallest absolute Gasteiger partial charge is 0.331 e. The molecule has 0 heterocycles. The molecule has 1 aromatic rings. The summed E-state index contributed by atoms with van der Waals surface area (Å²) in [5.41, 5.74) is 0.713. The van der Waals surface area contributed by atoms with Crippen molar-refractivity contribution >= 4 is 11.9 Å². The Morgan fingerprint density at radius 1 is 1.12 bits per heavy atom. The lowest BCUT2D eigenvalue weighted by molar-refractivity contribution is -0.147. The molecule has 24 heavy (non-hydrogen) atoms. The van der Waals surface area contributed by atoms with Crippen LogP contribution in [0.2, 0.25) is 0 Å². The van der Waals surface area contributed by atoms with Crippen molar-refractivity contribution < 1.29 is 14.3 Å². The zero-order valence-electron chi connectivity index (χ0n) is 15.5. The summed E-state index contributed by atoms with van der Waals surface area (Å²) >= 11 is 0. The number of amides is 1. The molecule has 1 rings (SSSR count). The highest BCUT2D eigenvalue weighted by atomic mass is 16.5. The molecule has 0 bridgehead atoms. The van der Waals surface area contributed by atoms with Crippen molar-refractivity contribution in [2.45, 2.75) is 52.6 Å². The van der Waals surface area contributed by atoms with E-state index in [0.29, 0.717) is 12.0 Å². The number of rotatable bonds is 9. The molecule has 5 nitrogen and oxygen atoms in total. The average Bonchev–Trinajstić information content (AvgIpc) is 2.59. The Bertz CT molecular complexity index is 538. The van der Waals surface area contributed by atoms with Crippen molar-refractivity contribution in [3.05, 3.63) is 35.4 Å². The van der Waals surface area contributed by atoms with Crippen LogP contribution in [-0.2, 0) is 16.1 Å². The maximum atomic E-state index is 12.5. The monoisotopic (exact) mass is 334 g/mol. The Balaban J connectivity index is 2.82. The second kappa shape index (κ2) is 9.42. The van der Waals surface area contributed by atoms with Gasteiger partial charge in [-0.25, -0.2) is 4.79 Å². The van der Waals surface area contributed by atoms with Crippen LogP contribution in [0.1, 0.15) is 56.5 Å². The third-order valence-electron chi connectivity index (χ3n) is 4.29. The van der Waals surface area contributed by atoms with Gasteiger partial charge in [-0.15, -0.1) is 0 Å². The van der Waals surface area contributed by atoms with E-state index in [0.717, 1.165) is 26.1 Å². The molecule has 0 saturated heterocycles. The number of hydrogen-bond acceptors (Lipinski definition) is 4. The number of ether oxygens (including phenoxy) is 1. The zero-order valence-corrected chi connectivity index (χ0v) is 15.5. The van der Waals surface area contributed by atoms with Crippen molar-refractivity contribution in [1.29, 1.82) is 0 Å². The van der Waals surface area contributed by atoms with Crippen molar-refractivity contribution in [2.24, 2.45) is 0 Å². The van der Waals surface area contributed by atoms with Gasteiger partial charge in [0.1, 0.15) is 5.54 Å². The number of methoxy groups -OCH3 is 1. The summed E-state index contributed by atoms with van der Waals surface area (Å²) in [4.78, 5) is 26.8. The van der Waals surface area contributed by atoms with E-state index in [4.69, 9.17) is 4.74 Å². The fraction of sp³-hybridized carbons (Fsp3) is 0.579. The molecular formula is C19H30N2O3. The van der Waals surface area contributed by atoms with Gasteiger partial charge in [0, 0.05) is 12.1 Å². The van der Waals surface area contributed by atoms with Crippen LogP contribution in [0.3, 0.4) is 0 Å². The molecule has 0 aliphatic heterocycles. The van der Waals surface area contributed by atoms with Gasteiger partial charge in [-0.3, -0.25) is 9.69 Å². The molecule has 0 fully saturated rings. The fourth-order valence-electron chi connectivity index (χ4n) is 2.73. The van der Waals surface area contributed by atoms with Crippen LogP contribution < -0.4 is 5.32 Å². The molecule has 0 unspecified atom stereocenters. The molecule has 0 aliphatic carbocycles. The van der Waals surface area contributed by atoms with E-state index in [9.17, 15) is 9.59 Å². The number of nitrogens with zero attached hydrogens (tertiary/aromatic N) is 1. The Morgan fingerprint density at radius 2 is 1.71 bits per heavy atom. The van der Waals surface area contributed by atoms with Gasteiger partial charge in [0.05, 0.1) is 7.11 Å². The van der Waals surface area contributed by atoms with Crippen LogP contribution in [-0.4, -0.2) is 42.5 Å². The lowest BCUT2D eigenvalue weighted by Gasteiger charge is -2.27. The number of carbonyl (C=O) groups is 2. The Labute approximate surface area is 145 Å². The van der Waals surface area contributed by atoms with Crippen LogP contribution in [0.15, 0.2) is 24.3 Å². The van der Waals surface area contributed by atoms with Crippen molar-refractivity contribution in [2.75, 3.05) is 20.2 Å². The molecule has 1 N–H and O–H groups in total. The van der Waals surface area contributed by atoms with Gasteiger partial charge in [-0.1, -0.05) is 39.3 Å². The van der Waals surface area contributed by atoms with Crippen molar-refractivity contribution in [3.8, 4) is 0 Å². The zero-order chi connectivity index (χ0) is 18.2. The molecule has 0 spiro atoms. The lowest BCUT2D eigenvalue weighted by Crippen LogP contribution is -2.52. The van der Waals surface area contributed by atoms with E-state index in [2.05, 4.69) is 24.1 Å². The minimum absolute atomic E-state index is 0.259. The van der Waals surface area contributed by atoms with Crippen LogP contribution >= 0.6 is 0 Å². The predicted octanol–water partition coefficient (Wildman–Crippen LogP) is 2.99. The van der Waals surface area contributed by atoms with Gasteiger partial charge >= 0.3 is 5.97 Å². The van der Waals surface area contributed by atoms with E-state index in [-0.39, 0.29) is 5.91 Å². The molecule has 0 aliphatic rings. The van der Waals surface area contributed by atoms with Gasteiger partial charge in [0.2, 0.25) is 0 Å². The second-order valence-electron chi connectivity index (χ2n) is 6.19. The van der Waals surface area contributed by atoms with Gasteiger partial charge in [-0.2, -0.15) is 0 Å². The molecule has 0 aromatic heterocycles. The highest BCUT2D eigenvalue weighted by Crippen LogP contribution is 2.16. The van der Waals surface area contributed by atoms with Crippen LogP contribution in [0.4, 0.5) is 0 Å². The van der Waals surface area contributed by atoms with Crippen molar-refractivity contribution in [1.82, 2.24) is 10.2 Å². The first kappa shape index (κ1) is 20.2. The number of benzene rings is 1. The summed E-state index contributed by atoms with van der Waals surface area (Å²) in [5, 5.41) is 2.82. The van der Waals surface area contributed by atoms with E-state index >= 15 is 0 Å². The highest BCUT2D eigenvalue weighted by Gasteiger charge is 2.35. The fourth-order valence-corrected chi connectivity index (χ4v) is 2.73. The summed E-state index contributed by atoms with van der Waals surface area (Å²) in [7, 11) is 1.34. The highest BCUT2D eigenvalue weighted by molar-refractivity contribution is 5.98. The maximum Gasteiger partial charge on any atom is 0.331 e. The topological polar surface area (TPSA) is 58.6 Å². The lowest BCUT2D eigenvalue weighted by atomic mass is 9.95. The normalized spacial score (nSPS) is 13.4. The Hall–Kier alpha value is -1.88. The largest absolute Gasteiger partial charge is 0.467 e. The minimum atomic E-state index is -1.000. The Morgan fingerprint density at radius 3 is 2.17 bits per heavy atom. The molecule has 0 radical (unpaired) electrons. The quantitative estimate of drug-likeness (QED) is 0.705. The number of hydrogen-bond donors (Lipinski definition) is 1. The molecule has 1 aromatic carbocycles. The summed E-state index contributed by atoms with van der Waals surface area (Å²) in [6, 6.07) is 7.53. The maximum absolute atomic E-state index is 12.5. The van der Waals surface area contributed by atoms with Crippen molar-refractivity contribution in [3.63, 3.8) is 0 Å². The standard InChI is InChI=1S/C19H30N2O3/c1-6-13-19(4,18(23)24-5)20-17(22)16-11-9-15(10-12-16)14-21(7-2)8-3/h9-12H,6-8,13-14H2,1-5H3,(H,20,22)/t19-/m1/s1. The molecule has 1 amide bonds. The van der Waals surface area contributed by atoms with Crippen LogP contribution in [0.5, 0.6) is 0 Å². The summed E-state index contributed by atoms with van der Waals surface area (Å²) in [6.45, 7) is 10.8. The van der Waals surface area contributed by atoms with Gasteiger partial charge in [0.25, 0.3) is 5.91 Å². The SMILES string of the molecule is CCC[C@@](C)(NC(=O)c1ccc(CN(CC)CC)cc1)C(=O)OC. The summed E-state index contributed by atoms with van der Waals surface area (Å²) in [6.07, 6.45) is 1.31. The first-order valence-electron chi connectivity index (χ1n) is 8.62. The molecule has 1 atom stereocenters. The second-order valence-corrected chi connectivity index (χ2v) is 6.19. The van der Waals surface area contributed by atoms with Gasteiger partial charge in [0.15, 0.2) is 0 Å². The van der Waals surface area contributed by atoms with E-state index < -0.39 is 11.5 Å². The minimum Gasteiger partial charge on any atom is -0.467 e. The number of carbonyl (C=O) groups excluding carboxylic acids is 2. The van der Waals surface area contributed by atoms with E-state index in [1.54, 1.807) is 19.1 Å². The molecule has 134 valence electrons. The van der Waals surface area contributed by atoms with Gasteiger partial charge < -0.3 is 10.1 Å². The van der Waals surface area contributed by atoms with E-state index in [1.807, 2.05) is 19.1 Å².